The minimum Gasteiger partial charge on any atom is -0.306 e. The number of rotatable bonds is 4. The maximum absolute atomic E-state index is 11.4. The van der Waals surface area contributed by atoms with E-state index in [-0.39, 0.29) is 0 Å². The molecule has 0 saturated carbocycles. The molecule has 0 rings (SSSR count). The smallest absolute Gasteiger partial charge is 0.0456 e. The maximum atomic E-state index is 11.4. The summed E-state index contributed by atoms with van der Waals surface area (Å²) in [5.74, 6) is 0.588. The van der Waals surface area contributed by atoms with E-state index in [4.69, 9.17) is 0 Å². The predicted molar refractivity (Wildman–Crippen MR) is 36.7 cm³/mol. The summed E-state index contributed by atoms with van der Waals surface area (Å²) in [5.41, 5.74) is 0. The van der Waals surface area contributed by atoms with Crippen molar-refractivity contribution in [3.63, 3.8) is 0 Å². The van der Waals surface area contributed by atoms with Crippen molar-refractivity contribution in [3.8, 4) is 0 Å². The van der Waals surface area contributed by atoms with E-state index in [1.807, 2.05) is 7.05 Å². The monoisotopic (exact) mass is 137 g/mol. The third-order valence-electron chi connectivity index (χ3n) is 1.09. The molecule has 0 aliphatic heterocycles. The summed E-state index contributed by atoms with van der Waals surface area (Å²) in [6.07, 6.45) is 0. The molecule has 0 unspecified atom stereocenters. The molecule has 0 bridgehead atoms. The first-order valence-electron chi connectivity index (χ1n) is 2.73. The zero-order chi connectivity index (χ0) is 6.41. The molecule has 0 aliphatic rings. The molecule has 8 heavy (non-hydrogen) atoms. The Balaban J connectivity index is 2.86. The van der Waals surface area contributed by atoms with Crippen LogP contribution in [0.25, 0.3) is 0 Å². The van der Waals surface area contributed by atoms with Crippen LogP contribution < -0.4 is 0 Å². The highest BCUT2D eigenvalue weighted by molar-refractivity contribution is 7.94. The first-order chi connectivity index (χ1) is 3.81. The third-order valence-corrected chi connectivity index (χ3v) is 1.43. The van der Waals surface area contributed by atoms with Gasteiger partial charge in [-0.25, -0.2) is 0 Å². The highest BCUT2D eigenvalue weighted by Gasteiger charge is 1.91. The molecule has 1 nitrogen and oxygen atoms in total. The van der Waals surface area contributed by atoms with Gasteiger partial charge in [-0.3, -0.25) is 0 Å². The van der Waals surface area contributed by atoms with E-state index in [2.05, 4.69) is 11.8 Å². The topological polar surface area (TPSA) is 3.24 Å². The Kier molecular flexibility index (Phi) is 5.54. The Labute approximate surface area is 54.5 Å². The maximum Gasteiger partial charge on any atom is 0.0456 e. The molecule has 0 saturated heterocycles. The van der Waals surface area contributed by atoms with Gasteiger partial charge in [0.25, 0.3) is 0 Å². The largest absolute Gasteiger partial charge is 0.306 e. The molecule has 0 aromatic heterocycles. The lowest BCUT2D eigenvalue weighted by Gasteiger charge is -2.10. The van der Waals surface area contributed by atoms with E-state index in [9.17, 15) is 3.89 Å². The van der Waals surface area contributed by atoms with Crippen molar-refractivity contribution in [2.24, 2.45) is 0 Å². The van der Waals surface area contributed by atoms with Gasteiger partial charge in [-0.15, -0.1) is 0 Å². The van der Waals surface area contributed by atoms with E-state index in [1.54, 1.807) is 0 Å². The normalized spacial score (nSPS) is 10.5. The first kappa shape index (κ1) is 8.24. The fraction of sp³-hybridized carbons (Fsp3) is 1.00. The van der Waals surface area contributed by atoms with E-state index in [0.29, 0.717) is 17.9 Å². The molecule has 0 aromatic carbocycles. The van der Waals surface area contributed by atoms with Gasteiger partial charge in [-0.2, -0.15) is 3.89 Å². The molecule has 0 aromatic rings. The second kappa shape index (κ2) is 5.38. The van der Waals surface area contributed by atoms with Gasteiger partial charge in [0, 0.05) is 24.4 Å². The molecule has 0 heterocycles. The molecule has 0 atom stereocenters. The summed E-state index contributed by atoms with van der Waals surface area (Å²) in [6.45, 7) is 3.90. The van der Waals surface area contributed by atoms with Crippen LogP contribution in [-0.4, -0.2) is 30.8 Å². The Morgan fingerprint density at radius 1 is 1.62 bits per heavy atom. The molecule has 0 spiro atoms. The summed E-state index contributed by atoms with van der Waals surface area (Å²) in [7, 11) is 1.98. The van der Waals surface area contributed by atoms with Crippen LogP contribution in [0.2, 0.25) is 0 Å². The quantitative estimate of drug-likeness (QED) is 0.578. The van der Waals surface area contributed by atoms with Gasteiger partial charge in [0.15, 0.2) is 0 Å². The minimum atomic E-state index is 0.404. The van der Waals surface area contributed by atoms with Crippen molar-refractivity contribution >= 4 is 12.1 Å². The van der Waals surface area contributed by atoms with Crippen LogP contribution in [0.1, 0.15) is 6.92 Å². The van der Waals surface area contributed by atoms with Crippen LogP contribution in [0.5, 0.6) is 0 Å². The van der Waals surface area contributed by atoms with Crippen molar-refractivity contribution < 1.29 is 3.89 Å². The summed E-state index contributed by atoms with van der Waals surface area (Å²) < 4.78 is 11.4. The second-order valence-corrected chi connectivity index (χ2v) is 2.34. The molecule has 0 radical (unpaired) electrons. The SMILES string of the molecule is CCN(C)CCSF. The van der Waals surface area contributed by atoms with Crippen molar-refractivity contribution in [2.45, 2.75) is 6.92 Å². The summed E-state index contributed by atoms with van der Waals surface area (Å²) in [5, 5.41) is 0. The zero-order valence-corrected chi connectivity index (χ0v) is 6.17. The Morgan fingerprint density at radius 3 is 2.62 bits per heavy atom. The lowest BCUT2D eigenvalue weighted by Crippen LogP contribution is -2.19. The Bertz CT molecular complexity index is 51.7. The highest BCUT2D eigenvalue weighted by Crippen LogP contribution is 1.98. The van der Waals surface area contributed by atoms with Gasteiger partial charge in [0.1, 0.15) is 0 Å². The van der Waals surface area contributed by atoms with E-state index < -0.39 is 0 Å². The molecule has 0 N–H and O–H groups in total. The first-order valence-corrected chi connectivity index (χ1v) is 3.62. The molecule has 50 valence electrons. The molecule has 0 amide bonds. The zero-order valence-electron chi connectivity index (χ0n) is 5.35. The Hall–Kier alpha value is 0.240. The van der Waals surface area contributed by atoms with Gasteiger partial charge >= 0.3 is 0 Å². The molecule has 0 fully saturated rings. The van der Waals surface area contributed by atoms with Crippen LogP contribution in [0.3, 0.4) is 0 Å². The fourth-order valence-electron chi connectivity index (χ4n) is 0.348. The van der Waals surface area contributed by atoms with E-state index in [1.165, 1.54) is 0 Å². The summed E-state index contributed by atoms with van der Waals surface area (Å²) in [4.78, 5) is 2.08. The number of hydrogen-bond donors (Lipinski definition) is 0. The molecule has 0 aliphatic carbocycles. The van der Waals surface area contributed by atoms with Gasteiger partial charge in [-0.05, 0) is 13.6 Å². The predicted octanol–water partition coefficient (Wildman–Crippen LogP) is 1.56. The third kappa shape index (κ3) is 4.40. The van der Waals surface area contributed by atoms with Crippen molar-refractivity contribution in [2.75, 3.05) is 25.9 Å². The molecular formula is C5H12FNS. The Morgan fingerprint density at radius 2 is 2.25 bits per heavy atom. The van der Waals surface area contributed by atoms with Crippen LogP contribution >= 0.6 is 12.1 Å². The van der Waals surface area contributed by atoms with Crippen LogP contribution in [0.4, 0.5) is 3.89 Å². The van der Waals surface area contributed by atoms with E-state index >= 15 is 0 Å². The number of nitrogens with zero attached hydrogens (tertiary/aromatic N) is 1. The number of hydrogen-bond acceptors (Lipinski definition) is 2. The van der Waals surface area contributed by atoms with Crippen molar-refractivity contribution in [3.05, 3.63) is 0 Å². The van der Waals surface area contributed by atoms with Crippen molar-refractivity contribution in [1.29, 1.82) is 0 Å². The average molecular weight is 137 g/mol. The fourth-order valence-corrected chi connectivity index (χ4v) is 0.729. The minimum absolute atomic E-state index is 0.404. The average Bonchev–Trinajstić information content (AvgIpc) is 1.83. The number of halogens is 1. The highest BCUT2D eigenvalue weighted by atomic mass is 32.2. The molecular weight excluding hydrogens is 125 g/mol. The van der Waals surface area contributed by atoms with Crippen molar-refractivity contribution in [1.82, 2.24) is 4.90 Å². The van der Waals surface area contributed by atoms with Crippen LogP contribution in [0, 0.1) is 0 Å². The second-order valence-electron chi connectivity index (χ2n) is 1.71. The standard InChI is InChI=1S/C5H12FNS/c1-3-7(2)4-5-8-6/h3-5H2,1-2H3. The summed E-state index contributed by atoms with van der Waals surface area (Å²) in [6, 6.07) is 0. The summed E-state index contributed by atoms with van der Waals surface area (Å²) >= 11 is 0.404. The van der Waals surface area contributed by atoms with Gasteiger partial charge < -0.3 is 4.90 Å². The lowest BCUT2D eigenvalue weighted by atomic mass is 10.6. The van der Waals surface area contributed by atoms with Crippen LogP contribution in [-0.2, 0) is 0 Å². The lowest BCUT2D eigenvalue weighted by molar-refractivity contribution is 0.376. The van der Waals surface area contributed by atoms with Gasteiger partial charge in [0.2, 0.25) is 0 Å². The molecule has 3 heteroatoms. The van der Waals surface area contributed by atoms with Crippen LogP contribution in [0.15, 0.2) is 0 Å². The van der Waals surface area contributed by atoms with Gasteiger partial charge in [0.05, 0.1) is 0 Å². The van der Waals surface area contributed by atoms with Gasteiger partial charge in [-0.1, -0.05) is 6.92 Å². The van der Waals surface area contributed by atoms with E-state index in [0.717, 1.165) is 13.1 Å².